The number of nitrogens with one attached hydrogen (secondary N) is 1. The fraction of sp³-hybridized carbons (Fsp3) is 0.190. The Kier molecular flexibility index (Phi) is 6.25. The average molecular weight is 436 g/mol. The number of anilines is 1. The molecular formula is C21H19Cl2NO5. The molecule has 0 spiro atoms. The van der Waals surface area contributed by atoms with E-state index in [4.69, 9.17) is 37.1 Å². The summed E-state index contributed by atoms with van der Waals surface area (Å²) in [4.78, 5) is 12.5. The lowest BCUT2D eigenvalue weighted by Gasteiger charge is -2.11. The highest BCUT2D eigenvalue weighted by Gasteiger charge is 2.18. The van der Waals surface area contributed by atoms with E-state index in [0.717, 1.165) is 5.56 Å². The van der Waals surface area contributed by atoms with Crippen LogP contribution in [0.3, 0.4) is 0 Å². The number of carbonyl (C=O) groups excluding carboxylic acids is 1. The van der Waals surface area contributed by atoms with E-state index in [1.165, 1.54) is 6.07 Å². The zero-order valence-electron chi connectivity index (χ0n) is 16.0. The number of phenolic OH excluding ortho intramolecular Hbond substituents is 1. The monoisotopic (exact) mass is 435 g/mol. The van der Waals surface area contributed by atoms with Crippen LogP contribution in [0.5, 0.6) is 17.2 Å². The lowest BCUT2D eigenvalue weighted by molar-refractivity contribution is 0.0994. The van der Waals surface area contributed by atoms with E-state index < -0.39 is 5.91 Å². The Labute approximate surface area is 178 Å². The van der Waals surface area contributed by atoms with Crippen molar-refractivity contribution in [2.45, 2.75) is 13.3 Å². The zero-order chi connectivity index (χ0) is 21.1. The molecule has 3 rings (SSSR count). The van der Waals surface area contributed by atoms with Crippen molar-refractivity contribution in [2.24, 2.45) is 0 Å². The third-order valence-electron chi connectivity index (χ3n) is 4.41. The normalized spacial score (nSPS) is 10.7. The second kappa shape index (κ2) is 8.68. The number of benzene rings is 2. The summed E-state index contributed by atoms with van der Waals surface area (Å²) in [7, 11) is 3.16. The average Bonchev–Trinajstić information content (AvgIpc) is 3.19. The molecule has 0 bridgehead atoms. The molecule has 2 N–H and O–H groups in total. The summed E-state index contributed by atoms with van der Waals surface area (Å²) in [6.07, 6.45) is 0.404. The second-order valence-electron chi connectivity index (χ2n) is 6.27. The molecule has 0 unspecified atom stereocenters. The van der Waals surface area contributed by atoms with Gasteiger partial charge in [-0.2, -0.15) is 0 Å². The van der Waals surface area contributed by atoms with Gasteiger partial charge in [0, 0.05) is 17.0 Å². The van der Waals surface area contributed by atoms with E-state index in [2.05, 4.69) is 5.32 Å². The van der Waals surface area contributed by atoms with E-state index in [-0.39, 0.29) is 22.2 Å². The van der Waals surface area contributed by atoms with Crippen molar-refractivity contribution in [2.75, 3.05) is 19.5 Å². The fourth-order valence-electron chi connectivity index (χ4n) is 2.79. The number of carbonyl (C=O) groups is 1. The van der Waals surface area contributed by atoms with Gasteiger partial charge in [0.05, 0.1) is 24.9 Å². The molecule has 152 valence electrons. The van der Waals surface area contributed by atoms with Crippen LogP contribution >= 0.6 is 23.2 Å². The third kappa shape index (κ3) is 4.44. The number of rotatable bonds is 6. The number of hydrogen-bond donors (Lipinski definition) is 2. The zero-order valence-corrected chi connectivity index (χ0v) is 17.5. The summed E-state index contributed by atoms with van der Waals surface area (Å²) in [6.45, 7) is 1.67. The van der Waals surface area contributed by atoms with Crippen LogP contribution in [0, 0.1) is 6.92 Å². The number of amides is 1. The fourth-order valence-corrected chi connectivity index (χ4v) is 3.24. The minimum Gasteiger partial charge on any atom is -0.504 e. The van der Waals surface area contributed by atoms with Crippen LogP contribution < -0.4 is 14.8 Å². The Balaban J connectivity index is 1.80. The molecule has 0 radical (unpaired) electrons. The van der Waals surface area contributed by atoms with Gasteiger partial charge in [0.15, 0.2) is 11.5 Å². The molecule has 0 atom stereocenters. The number of aromatic hydroxyl groups is 1. The van der Waals surface area contributed by atoms with Gasteiger partial charge in [-0.25, -0.2) is 0 Å². The van der Waals surface area contributed by atoms with Crippen molar-refractivity contribution in [3.8, 4) is 17.2 Å². The van der Waals surface area contributed by atoms with Crippen molar-refractivity contribution >= 4 is 34.8 Å². The maximum Gasteiger partial charge on any atom is 0.291 e. The largest absolute Gasteiger partial charge is 0.504 e. The summed E-state index contributed by atoms with van der Waals surface area (Å²) < 4.78 is 16.3. The van der Waals surface area contributed by atoms with Gasteiger partial charge in [-0.15, -0.1) is 0 Å². The Morgan fingerprint density at radius 3 is 2.59 bits per heavy atom. The first kappa shape index (κ1) is 20.9. The van der Waals surface area contributed by atoms with E-state index >= 15 is 0 Å². The molecule has 0 saturated heterocycles. The van der Waals surface area contributed by atoms with Crippen molar-refractivity contribution < 1.29 is 23.8 Å². The minimum atomic E-state index is -0.542. The second-order valence-corrected chi connectivity index (χ2v) is 7.05. The molecular weight excluding hydrogens is 417 g/mol. The summed E-state index contributed by atoms with van der Waals surface area (Å²) >= 11 is 12.1. The highest BCUT2D eigenvalue weighted by atomic mass is 35.5. The van der Waals surface area contributed by atoms with Crippen LogP contribution in [0.1, 0.15) is 27.4 Å². The van der Waals surface area contributed by atoms with Crippen molar-refractivity contribution in [1.82, 2.24) is 0 Å². The highest BCUT2D eigenvalue weighted by molar-refractivity contribution is 6.37. The summed E-state index contributed by atoms with van der Waals surface area (Å²) in [5, 5.41) is 13.1. The van der Waals surface area contributed by atoms with Gasteiger partial charge in [-0.1, -0.05) is 23.2 Å². The van der Waals surface area contributed by atoms with Gasteiger partial charge in [-0.05, 0) is 48.9 Å². The minimum absolute atomic E-state index is 0.0779. The number of furan rings is 1. The molecule has 0 aliphatic rings. The molecule has 29 heavy (non-hydrogen) atoms. The molecule has 2 aromatic carbocycles. The van der Waals surface area contributed by atoms with Crippen LogP contribution in [0.4, 0.5) is 5.69 Å². The third-order valence-corrected chi connectivity index (χ3v) is 5.26. The summed E-state index contributed by atoms with van der Waals surface area (Å²) in [5.74, 6) is 1.21. The molecule has 1 amide bonds. The van der Waals surface area contributed by atoms with Gasteiger partial charge < -0.3 is 24.3 Å². The smallest absolute Gasteiger partial charge is 0.291 e. The first-order valence-electron chi connectivity index (χ1n) is 8.62. The topological polar surface area (TPSA) is 80.9 Å². The highest BCUT2D eigenvalue weighted by Crippen LogP contribution is 2.39. The predicted octanol–water partition coefficient (Wildman–Crippen LogP) is 5.46. The summed E-state index contributed by atoms with van der Waals surface area (Å²) in [5.41, 5.74) is 1.47. The Hall–Kier alpha value is -2.83. The SMILES string of the molecule is COc1ccc(OC)c(Cc2ccc(C(=O)Nc3cc(Cl)c(C)c(Cl)c3O)o2)c1. The molecule has 0 aliphatic carbocycles. The van der Waals surface area contributed by atoms with Crippen LogP contribution in [0.25, 0.3) is 0 Å². The van der Waals surface area contributed by atoms with Crippen LogP contribution in [0.15, 0.2) is 40.8 Å². The van der Waals surface area contributed by atoms with E-state index in [9.17, 15) is 9.90 Å². The van der Waals surface area contributed by atoms with E-state index in [0.29, 0.717) is 34.3 Å². The molecule has 0 fully saturated rings. The Morgan fingerprint density at radius 2 is 1.90 bits per heavy atom. The van der Waals surface area contributed by atoms with Gasteiger partial charge in [0.25, 0.3) is 5.91 Å². The first-order valence-corrected chi connectivity index (χ1v) is 9.38. The van der Waals surface area contributed by atoms with Gasteiger partial charge in [0.1, 0.15) is 17.3 Å². The number of ether oxygens (including phenoxy) is 2. The van der Waals surface area contributed by atoms with Crippen LogP contribution in [0.2, 0.25) is 10.0 Å². The molecule has 0 saturated carbocycles. The van der Waals surface area contributed by atoms with Crippen molar-refractivity contribution in [3.05, 3.63) is 69.1 Å². The van der Waals surface area contributed by atoms with Crippen molar-refractivity contribution in [3.63, 3.8) is 0 Å². The van der Waals surface area contributed by atoms with E-state index in [1.54, 1.807) is 45.4 Å². The van der Waals surface area contributed by atoms with Crippen molar-refractivity contribution in [1.29, 1.82) is 0 Å². The Morgan fingerprint density at radius 1 is 1.14 bits per heavy atom. The maximum atomic E-state index is 12.5. The number of methoxy groups -OCH3 is 2. The molecule has 6 nitrogen and oxygen atoms in total. The van der Waals surface area contributed by atoms with Gasteiger partial charge in [0.2, 0.25) is 0 Å². The van der Waals surface area contributed by atoms with Crippen LogP contribution in [-0.2, 0) is 6.42 Å². The van der Waals surface area contributed by atoms with E-state index in [1.807, 2.05) is 6.07 Å². The van der Waals surface area contributed by atoms with Crippen LogP contribution in [-0.4, -0.2) is 25.2 Å². The number of phenols is 1. The molecule has 1 aromatic heterocycles. The predicted molar refractivity (Wildman–Crippen MR) is 112 cm³/mol. The molecule has 8 heteroatoms. The first-order chi connectivity index (χ1) is 13.8. The Bertz CT molecular complexity index is 1060. The lowest BCUT2D eigenvalue weighted by atomic mass is 10.1. The molecule has 1 heterocycles. The quantitative estimate of drug-likeness (QED) is 0.502. The van der Waals surface area contributed by atoms with Gasteiger partial charge >= 0.3 is 0 Å². The number of hydrogen-bond acceptors (Lipinski definition) is 5. The number of halogens is 2. The molecule has 0 aliphatic heterocycles. The van der Waals surface area contributed by atoms with Gasteiger partial charge in [-0.3, -0.25) is 4.79 Å². The standard InChI is InChI=1S/C21H19Cl2NO5/c1-11-15(22)10-16(20(25)19(11)23)24-21(26)18-7-5-14(29-18)9-12-8-13(27-2)4-6-17(12)28-3/h4-8,10,25H,9H2,1-3H3,(H,24,26). The summed E-state index contributed by atoms with van der Waals surface area (Å²) in [6, 6.07) is 10.1. The molecule has 3 aromatic rings. The maximum absolute atomic E-state index is 12.5. The lowest BCUT2D eigenvalue weighted by Crippen LogP contribution is -2.11.